The van der Waals surface area contributed by atoms with E-state index in [4.69, 9.17) is 16.3 Å². The molecule has 3 nitrogen and oxygen atoms in total. The molecule has 0 N–H and O–H groups in total. The minimum atomic E-state index is -0.524. The number of amides is 1. The van der Waals surface area contributed by atoms with Gasteiger partial charge in [-0.15, -0.1) is 0 Å². The quantitative estimate of drug-likeness (QED) is 0.655. The lowest BCUT2D eigenvalue weighted by molar-refractivity contribution is 0.0578. The molecular weight excluding hydrogens is 334 g/mol. The molecule has 1 heterocycles. The fourth-order valence-electron chi connectivity index (χ4n) is 4.13. The molecule has 2 aromatic carbocycles. The van der Waals surface area contributed by atoms with Gasteiger partial charge in [0.1, 0.15) is 5.60 Å². The Labute approximate surface area is 153 Å². The van der Waals surface area contributed by atoms with E-state index >= 15 is 0 Å². The Morgan fingerprint density at radius 2 is 1.76 bits per heavy atom. The first-order valence-electron chi connectivity index (χ1n) is 8.65. The summed E-state index contributed by atoms with van der Waals surface area (Å²) in [5.41, 5.74) is 4.21. The van der Waals surface area contributed by atoms with Crippen LogP contribution < -0.4 is 4.90 Å². The van der Waals surface area contributed by atoms with Crippen molar-refractivity contribution in [2.24, 2.45) is 0 Å². The molecule has 0 bridgehead atoms. The number of carbonyl (C=O) groups is 1. The Morgan fingerprint density at radius 1 is 1.12 bits per heavy atom. The van der Waals surface area contributed by atoms with E-state index in [2.05, 4.69) is 30.3 Å². The summed E-state index contributed by atoms with van der Waals surface area (Å²) in [6.45, 7) is 6.30. The SMILES string of the molecule is CC(C)(C)OC(=O)N1CC2(Cc3ccccc3C2)c2ccc(Cl)cc21. The summed E-state index contributed by atoms with van der Waals surface area (Å²) >= 11 is 6.23. The third-order valence-electron chi connectivity index (χ3n) is 5.07. The molecule has 1 aliphatic carbocycles. The number of carbonyl (C=O) groups excluding carboxylic acids is 1. The molecule has 0 radical (unpaired) electrons. The van der Waals surface area contributed by atoms with Crippen molar-refractivity contribution in [2.75, 3.05) is 11.4 Å². The van der Waals surface area contributed by atoms with Crippen molar-refractivity contribution in [3.8, 4) is 0 Å². The molecule has 4 heteroatoms. The molecule has 2 aliphatic rings. The van der Waals surface area contributed by atoms with Gasteiger partial charge in [-0.3, -0.25) is 4.90 Å². The lowest BCUT2D eigenvalue weighted by Crippen LogP contribution is -2.40. The van der Waals surface area contributed by atoms with Gasteiger partial charge in [0.25, 0.3) is 0 Å². The minimum Gasteiger partial charge on any atom is -0.443 e. The molecule has 1 spiro atoms. The standard InChI is InChI=1S/C21H22ClNO2/c1-20(2,3)25-19(24)23-13-21(17-9-8-16(22)10-18(17)23)11-14-6-4-5-7-15(14)12-21/h4-10H,11-13H2,1-3H3. The van der Waals surface area contributed by atoms with Crippen molar-refractivity contribution >= 4 is 23.4 Å². The van der Waals surface area contributed by atoms with Crippen LogP contribution in [0.5, 0.6) is 0 Å². The maximum atomic E-state index is 12.8. The second-order valence-corrected chi connectivity index (χ2v) is 8.57. The zero-order valence-corrected chi connectivity index (χ0v) is 15.6. The molecule has 0 atom stereocenters. The number of ether oxygens (including phenoxy) is 1. The van der Waals surface area contributed by atoms with Crippen LogP contribution >= 0.6 is 11.6 Å². The van der Waals surface area contributed by atoms with Crippen LogP contribution in [0, 0.1) is 0 Å². The van der Waals surface area contributed by atoms with E-state index in [0.29, 0.717) is 11.6 Å². The van der Waals surface area contributed by atoms with Gasteiger partial charge in [0.2, 0.25) is 0 Å². The van der Waals surface area contributed by atoms with Gasteiger partial charge in [0.15, 0.2) is 0 Å². The molecule has 0 saturated carbocycles. The van der Waals surface area contributed by atoms with E-state index < -0.39 is 5.60 Å². The maximum Gasteiger partial charge on any atom is 0.414 e. The largest absolute Gasteiger partial charge is 0.443 e. The predicted molar refractivity (Wildman–Crippen MR) is 101 cm³/mol. The van der Waals surface area contributed by atoms with E-state index in [1.54, 1.807) is 4.90 Å². The van der Waals surface area contributed by atoms with Crippen LogP contribution in [0.3, 0.4) is 0 Å². The highest BCUT2D eigenvalue weighted by Crippen LogP contribution is 2.49. The Bertz CT molecular complexity index is 828. The zero-order chi connectivity index (χ0) is 17.8. The number of hydrogen-bond donors (Lipinski definition) is 0. The van der Waals surface area contributed by atoms with Gasteiger partial charge in [0.05, 0.1) is 5.69 Å². The van der Waals surface area contributed by atoms with Crippen molar-refractivity contribution in [3.63, 3.8) is 0 Å². The first-order valence-corrected chi connectivity index (χ1v) is 9.03. The summed E-state index contributed by atoms with van der Waals surface area (Å²) in [4.78, 5) is 14.6. The van der Waals surface area contributed by atoms with E-state index in [1.807, 2.05) is 32.9 Å². The summed E-state index contributed by atoms with van der Waals surface area (Å²) in [6, 6.07) is 14.4. The second-order valence-electron chi connectivity index (χ2n) is 8.13. The van der Waals surface area contributed by atoms with Crippen LogP contribution in [0.15, 0.2) is 42.5 Å². The average molecular weight is 356 g/mol. The predicted octanol–water partition coefficient (Wildman–Crippen LogP) is 5.13. The van der Waals surface area contributed by atoms with Crippen molar-refractivity contribution in [2.45, 2.75) is 44.6 Å². The molecule has 0 saturated heterocycles. The van der Waals surface area contributed by atoms with Gasteiger partial charge >= 0.3 is 6.09 Å². The third-order valence-corrected chi connectivity index (χ3v) is 5.31. The topological polar surface area (TPSA) is 29.5 Å². The Morgan fingerprint density at radius 3 is 2.36 bits per heavy atom. The molecule has 0 aromatic heterocycles. The van der Waals surface area contributed by atoms with Gasteiger partial charge in [-0.2, -0.15) is 0 Å². The number of hydrogen-bond acceptors (Lipinski definition) is 2. The molecule has 0 fully saturated rings. The average Bonchev–Trinajstić information content (AvgIpc) is 3.03. The minimum absolute atomic E-state index is 0.0828. The van der Waals surface area contributed by atoms with Gasteiger partial charge in [-0.1, -0.05) is 41.9 Å². The van der Waals surface area contributed by atoms with E-state index in [-0.39, 0.29) is 11.5 Å². The Hall–Kier alpha value is -2.00. The highest BCUT2D eigenvalue weighted by molar-refractivity contribution is 6.31. The lowest BCUT2D eigenvalue weighted by Gasteiger charge is -2.27. The number of halogens is 1. The van der Waals surface area contributed by atoms with Crippen molar-refractivity contribution in [1.82, 2.24) is 0 Å². The fourth-order valence-corrected chi connectivity index (χ4v) is 4.29. The van der Waals surface area contributed by atoms with Gasteiger partial charge < -0.3 is 4.74 Å². The lowest BCUT2D eigenvalue weighted by atomic mass is 9.79. The highest BCUT2D eigenvalue weighted by atomic mass is 35.5. The van der Waals surface area contributed by atoms with Crippen LogP contribution in [0.25, 0.3) is 0 Å². The molecule has 130 valence electrons. The number of anilines is 1. The summed E-state index contributed by atoms with van der Waals surface area (Å²) < 4.78 is 5.64. The van der Waals surface area contributed by atoms with Crippen molar-refractivity contribution in [3.05, 3.63) is 64.2 Å². The monoisotopic (exact) mass is 355 g/mol. The third kappa shape index (κ3) is 2.81. The van der Waals surface area contributed by atoms with Crippen molar-refractivity contribution < 1.29 is 9.53 Å². The number of benzene rings is 2. The molecular formula is C21H22ClNO2. The van der Waals surface area contributed by atoms with E-state index in [0.717, 1.165) is 18.5 Å². The number of fused-ring (bicyclic) bond motifs is 3. The summed E-state index contributed by atoms with van der Waals surface area (Å²) in [7, 11) is 0. The number of nitrogens with zero attached hydrogens (tertiary/aromatic N) is 1. The van der Waals surface area contributed by atoms with Gasteiger partial charge in [-0.25, -0.2) is 4.79 Å². The maximum absolute atomic E-state index is 12.8. The van der Waals surface area contributed by atoms with Crippen LogP contribution in [0.1, 0.15) is 37.5 Å². The highest BCUT2D eigenvalue weighted by Gasteiger charge is 2.48. The fraction of sp³-hybridized carbons (Fsp3) is 0.381. The molecule has 1 amide bonds. The summed E-state index contributed by atoms with van der Waals surface area (Å²) in [6.07, 6.45) is 1.58. The smallest absolute Gasteiger partial charge is 0.414 e. The van der Waals surface area contributed by atoms with E-state index in [9.17, 15) is 4.79 Å². The van der Waals surface area contributed by atoms with Crippen LogP contribution in [0.4, 0.5) is 10.5 Å². The van der Waals surface area contributed by atoms with Crippen molar-refractivity contribution in [1.29, 1.82) is 0 Å². The summed E-state index contributed by atoms with van der Waals surface area (Å²) in [5, 5.41) is 0.639. The number of rotatable bonds is 0. The zero-order valence-electron chi connectivity index (χ0n) is 14.8. The first-order chi connectivity index (χ1) is 11.8. The Balaban J connectivity index is 1.75. The molecule has 25 heavy (non-hydrogen) atoms. The molecule has 4 rings (SSSR count). The summed E-state index contributed by atoms with van der Waals surface area (Å²) in [5.74, 6) is 0. The first kappa shape index (κ1) is 16.5. The van der Waals surface area contributed by atoms with Crippen LogP contribution in [0.2, 0.25) is 5.02 Å². The normalized spacial score (nSPS) is 17.5. The van der Waals surface area contributed by atoms with Crippen LogP contribution in [-0.2, 0) is 23.0 Å². The molecule has 2 aromatic rings. The molecule has 0 unspecified atom stereocenters. The second kappa shape index (κ2) is 5.50. The molecule has 1 aliphatic heterocycles. The van der Waals surface area contributed by atoms with Gasteiger partial charge in [0, 0.05) is 17.0 Å². The van der Waals surface area contributed by atoms with E-state index in [1.165, 1.54) is 16.7 Å². The van der Waals surface area contributed by atoms with Gasteiger partial charge in [-0.05, 0) is 62.4 Å². The van der Waals surface area contributed by atoms with Crippen LogP contribution in [-0.4, -0.2) is 18.2 Å². The Kier molecular flexibility index (Phi) is 3.62.